The quantitative estimate of drug-likeness (QED) is 0.528. The summed E-state index contributed by atoms with van der Waals surface area (Å²) in [7, 11) is 1.71. The Balaban J connectivity index is 3.20. The molecule has 0 heterocycles. The van der Waals surface area contributed by atoms with Crippen molar-refractivity contribution in [3.63, 3.8) is 0 Å². The molecule has 1 rings (SSSR count). The monoisotopic (exact) mass is 184 g/mol. The van der Waals surface area contributed by atoms with Crippen LogP contribution >= 0.6 is 10.9 Å². The molecule has 1 nitrogen and oxygen atoms in total. The van der Waals surface area contributed by atoms with E-state index in [0.29, 0.717) is 5.78 Å². The van der Waals surface area contributed by atoms with Crippen LogP contribution < -0.4 is 0 Å². The van der Waals surface area contributed by atoms with Crippen molar-refractivity contribution >= 4 is 27.0 Å². The van der Waals surface area contributed by atoms with Crippen LogP contribution in [0.15, 0.2) is 0 Å². The summed E-state index contributed by atoms with van der Waals surface area (Å²) in [6, 6.07) is 0. The Kier molecular flexibility index (Phi) is 2.07. The van der Waals surface area contributed by atoms with Crippen LogP contribution in [0.1, 0.15) is 34.6 Å². The summed E-state index contributed by atoms with van der Waals surface area (Å²) < 4.78 is 0. The molecule has 1 aliphatic carbocycles. The highest BCUT2D eigenvalue weighted by Gasteiger charge is 2.57. The van der Waals surface area contributed by atoms with Crippen molar-refractivity contribution in [3.8, 4) is 0 Å². The smallest absolute Gasteiger partial charge is 0.153 e. The first-order valence-corrected chi connectivity index (χ1v) is 5.10. The maximum atomic E-state index is 11.6. The van der Waals surface area contributed by atoms with Crippen molar-refractivity contribution in [2.45, 2.75) is 34.6 Å². The van der Waals surface area contributed by atoms with Gasteiger partial charge in [-0.25, -0.2) is 0 Å². The molecule has 1 aliphatic rings. The van der Waals surface area contributed by atoms with Crippen molar-refractivity contribution in [2.75, 3.05) is 0 Å². The van der Waals surface area contributed by atoms with Crippen molar-refractivity contribution in [2.24, 2.45) is 10.8 Å². The van der Waals surface area contributed by atoms with Gasteiger partial charge in [-0.3, -0.25) is 4.79 Å². The third-order valence-corrected chi connectivity index (χ3v) is 4.00. The molecule has 1 saturated carbocycles. The van der Waals surface area contributed by atoms with Gasteiger partial charge < -0.3 is 0 Å². The van der Waals surface area contributed by atoms with Crippen molar-refractivity contribution in [3.05, 3.63) is 0 Å². The van der Waals surface area contributed by atoms with E-state index in [1.807, 2.05) is 40.0 Å². The average molecular weight is 184 g/mol. The molecule has 0 spiro atoms. The normalized spacial score (nSPS) is 24.8. The van der Waals surface area contributed by atoms with E-state index in [1.165, 1.54) is 4.86 Å². The number of hydrogen-bond donors (Lipinski definition) is 0. The zero-order valence-corrected chi connectivity index (χ0v) is 9.21. The Hall–Kier alpha value is -0.370. The van der Waals surface area contributed by atoms with E-state index in [-0.39, 0.29) is 10.8 Å². The largest absolute Gasteiger partial charge is 0.298 e. The highest BCUT2D eigenvalue weighted by molar-refractivity contribution is 7.97. The number of hydrogen-bond acceptors (Lipinski definition) is 1. The maximum absolute atomic E-state index is 11.6. The molecule has 1 fully saturated rings. The standard InChI is InChI=1S/C10H16OS/c1-6-12-8-9(2,3)7(11)10(8,4)5/h6H,1-5H3. The minimum atomic E-state index is -0.208. The summed E-state index contributed by atoms with van der Waals surface area (Å²) in [5, 5.41) is 2.05. The lowest BCUT2D eigenvalue weighted by atomic mass is 9.55. The molecule has 0 amide bonds. The highest BCUT2D eigenvalue weighted by atomic mass is 32.1. The summed E-state index contributed by atoms with van der Waals surface area (Å²) >= 11 is 0. The number of ketones is 1. The van der Waals surface area contributed by atoms with Crippen LogP contribution in [0, 0.1) is 10.8 Å². The average Bonchev–Trinajstić information content (AvgIpc) is 1.98. The predicted octanol–water partition coefficient (Wildman–Crippen LogP) is 2.35. The zero-order chi connectivity index (χ0) is 9.57. The molecule has 12 heavy (non-hydrogen) atoms. The highest BCUT2D eigenvalue weighted by Crippen LogP contribution is 2.47. The first-order chi connectivity index (χ1) is 5.35. The molecule has 0 aliphatic heterocycles. The van der Waals surface area contributed by atoms with E-state index >= 15 is 0 Å². The van der Waals surface area contributed by atoms with Crippen LogP contribution in [0.3, 0.4) is 0 Å². The van der Waals surface area contributed by atoms with Gasteiger partial charge >= 0.3 is 0 Å². The summed E-state index contributed by atoms with van der Waals surface area (Å²) in [4.78, 5) is 12.9. The molecule has 0 atom stereocenters. The summed E-state index contributed by atoms with van der Waals surface area (Å²) in [6.07, 6.45) is 0. The third kappa shape index (κ3) is 1.01. The van der Waals surface area contributed by atoms with Gasteiger partial charge in [-0.05, 0) is 40.0 Å². The van der Waals surface area contributed by atoms with E-state index in [4.69, 9.17) is 0 Å². The molecule has 68 valence electrons. The number of rotatable bonds is 0. The SMILES string of the molecule is CC=S=C1C(C)(C)C(=O)C1(C)C. The Labute approximate surface area is 77.7 Å². The molecule has 0 unspecified atom stereocenters. The molecule has 2 heteroatoms. The van der Waals surface area contributed by atoms with Crippen LogP contribution in [-0.4, -0.2) is 16.0 Å². The third-order valence-electron chi connectivity index (χ3n) is 2.51. The van der Waals surface area contributed by atoms with E-state index in [0.717, 1.165) is 0 Å². The lowest BCUT2D eigenvalue weighted by Gasteiger charge is -2.48. The summed E-state index contributed by atoms with van der Waals surface area (Å²) in [6.45, 7) is 10.0. The predicted molar refractivity (Wildman–Crippen MR) is 56.9 cm³/mol. The van der Waals surface area contributed by atoms with Gasteiger partial charge in [0.05, 0.1) is 10.8 Å². The number of carbonyl (C=O) groups is 1. The van der Waals surface area contributed by atoms with Gasteiger partial charge in [0.25, 0.3) is 0 Å². The van der Waals surface area contributed by atoms with Gasteiger partial charge in [0.1, 0.15) is 0 Å². The Morgan fingerprint density at radius 1 is 1.17 bits per heavy atom. The fourth-order valence-electron chi connectivity index (χ4n) is 2.12. The van der Waals surface area contributed by atoms with Gasteiger partial charge in [-0.2, -0.15) is 10.9 Å². The van der Waals surface area contributed by atoms with Gasteiger partial charge in [0.2, 0.25) is 0 Å². The van der Waals surface area contributed by atoms with E-state index in [2.05, 4.69) is 0 Å². The molecular weight excluding hydrogens is 168 g/mol. The molecule has 0 saturated heterocycles. The fraction of sp³-hybridized carbons (Fsp3) is 0.700. The first-order valence-electron chi connectivity index (χ1n) is 4.22. The fourth-order valence-corrected chi connectivity index (χ4v) is 3.13. The Bertz CT molecular complexity index is 271. The number of carbonyl (C=O) groups excluding carboxylic acids is 1. The topological polar surface area (TPSA) is 17.1 Å². The van der Waals surface area contributed by atoms with Crippen molar-refractivity contribution in [1.82, 2.24) is 0 Å². The lowest BCUT2D eigenvalue weighted by Crippen LogP contribution is -2.60. The second-order valence-corrected chi connectivity index (χ2v) is 5.38. The van der Waals surface area contributed by atoms with Gasteiger partial charge in [0.15, 0.2) is 5.78 Å². The second kappa shape index (κ2) is 2.56. The Morgan fingerprint density at radius 2 is 1.58 bits per heavy atom. The van der Waals surface area contributed by atoms with Crippen LogP contribution in [-0.2, 0) is 4.79 Å². The van der Waals surface area contributed by atoms with Crippen LogP contribution in [0.2, 0.25) is 0 Å². The van der Waals surface area contributed by atoms with Crippen LogP contribution in [0.4, 0.5) is 0 Å². The Morgan fingerprint density at radius 3 is 1.92 bits per heavy atom. The lowest BCUT2D eigenvalue weighted by molar-refractivity contribution is -0.134. The number of Topliss-reactive ketones (excluding diaryl/α,β-unsaturated/α-hetero) is 1. The minimum absolute atomic E-state index is 0.208. The first kappa shape index (κ1) is 9.72. The molecule has 0 N–H and O–H groups in total. The van der Waals surface area contributed by atoms with Crippen molar-refractivity contribution < 1.29 is 4.79 Å². The van der Waals surface area contributed by atoms with Gasteiger partial charge in [-0.1, -0.05) is 0 Å². The van der Waals surface area contributed by atoms with Crippen molar-refractivity contribution in [1.29, 1.82) is 0 Å². The molecule has 0 aromatic heterocycles. The summed E-state index contributed by atoms with van der Waals surface area (Å²) in [5.41, 5.74) is -0.415. The maximum Gasteiger partial charge on any atom is 0.153 e. The van der Waals surface area contributed by atoms with Gasteiger partial charge in [0, 0.05) is 4.86 Å². The molecule has 0 bridgehead atoms. The van der Waals surface area contributed by atoms with E-state index in [9.17, 15) is 4.79 Å². The molecule has 0 radical (unpaired) electrons. The minimum Gasteiger partial charge on any atom is -0.298 e. The molecular formula is C10H16OS. The van der Waals surface area contributed by atoms with E-state index < -0.39 is 0 Å². The molecule has 0 aromatic carbocycles. The summed E-state index contributed by atoms with van der Waals surface area (Å²) in [5.74, 6) is 0.361. The van der Waals surface area contributed by atoms with Gasteiger partial charge in [-0.15, -0.1) is 0 Å². The second-order valence-electron chi connectivity index (χ2n) is 4.26. The van der Waals surface area contributed by atoms with Crippen LogP contribution in [0.5, 0.6) is 0 Å². The van der Waals surface area contributed by atoms with E-state index in [1.54, 1.807) is 10.9 Å². The zero-order valence-electron chi connectivity index (χ0n) is 8.39. The molecule has 0 aromatic rings. The van der Waals surface area contributed by atoms with Crippen LogP contribution in [0.25, 0.3) is 0 Å².